The Balaban J connectivity index is 0.000000269. The molecule has 220 valence electrons. The van der Waals surface area contributed by atoms with Crippen molar-refractivity contribution in [2.24, 2.45) is 0 Å². The maximum absolute atomic E-state index is 3.89. The van der Waals surface area contributed by atoms with E-state index in [0.29, 0.717) is 0 Å². The summed E-state index contributed by atoms with van der Waals surface area (Å²) < 4.78 is 1.42. The molecule has 0 aromatic heterocycles. The van der Waals surface area contributed by atoms with Gasteiger partial charge in [-0.1, -0.05) is 96.0 Å². The molecule has 0 spiro atoms. The van der Waals surface area contributed by atoms with E-state index in [1.54, 1.807) is 0 Å². The zero-order valence-corrected chi connectivity index (χ0v) is 30.4. The van der Waals surface area contributed by atoms with Crippen molar-refractivity contribution < 1.29 is 49.0 Å². The van der Waals surface area contributed by atoms with Crippen LogP contribution in [-0.4, -0.2) is 3.21 Å². The van der Waals surface area contributed by atoms with Gasteiger partial charge in [0.2, 0.25) is 0 Å². The monoisotopic (exact) mass is 681 g/mol. The van der Waals surface area contributed by atoms with Crippen LogP contribution in [0, 0.1) is 13.0 Å². The molecule has 2 aliphatic carbocycles. The third-order valence-corrected chi connectivity index (χ3v) is 9.57. The van der Waals surface area contributed by atoms with E-state index in [-0.39, 0.29) is 35.6 Å². The van der Waals surface area contributed by atoms with E-state index in [2.05, 4.69) is 152 Å². The molecule has 0 amide bonds. The van der Waals surface area contributed by atoms with Crippen molar-refractivity contribution >= 4 is 8.78 Å². The van der Waals surface area contributed by atoms with Crippen LogP contribution in [0.2, 0.25) is 0 Å². The van der Waals surface area contributed by atoms with Crippen LogP contribution in [0.15, 0.2) is 97.1 Å². The van der Waals surface area contributed by atoms with E-state index in [1.165, 1.54) is 88.6 Å². The Morgan fingerprint density at radius 2 is 1.33 bits per heavy atom. The van der Waals surface area contributed by atoms with Gasteiger partial charge < -0.3 is 24.8 Å². The minimum atomic E-state index is 0. The molecule has 0 atom stereocenters. The van der Waals surface area contributed by atoms with E-state index >= 15 is 0 Å². The number of benzene rings is 4. The third-order valence-electron chi connectivity index (χ3n) is 8.15. The summed E-state index contributed by atoms with van der Waals surface area (Å²) in [5.41, 5.74) is 15.7. The molecule has 0 nitrogen and oxygen atoms in total. The van der Waals surface area contributed by atoms with Crippen LogP contribution in [-0.2, 0) is 41.5 Å². The fourth-order valence-electron chi connectivity index (χ4n) is 5.93. The Labute approximate surface area is 286 Å². The summed E-state index contributed by atoms with van der Waals surface area (Å²) in [6.07, 6.45) is 8.79. The molecule has 0 saturated heterocycles. The van der Waals surface area contributed by atoms with Gasteiger partial charge in [-0.25, -0.2) is 0 Å². The molecule has 0 heterocycles. The summed E-state index contributed by atoms with van der Waals surface area (Å²) in [7, 11) is 0. The number of fused-ring (bicyclic) bond motifs is 3. The summed E-state index contributed by atoms with van der Waals surface area (Å²) in [6.45, 7) is 16.2. The van der Waals surface area contributed by atoms with E-state index in [4.69, 9.17) is 0 Å². The van der Waals surface area contributed by atoms with E-state index < -0.39 is 0 Å². The summed E-state index contributed by atoms with van der Waals surface area (Å²) in [5, 5.41) is 0. The Morgan fingerprint density at radius 1 is 0.744 bits per heavy atom. The van der Waals surface area contributed by atoms with Gasteiger partial charge in [0.05, 0.1) is 0 Å². The first-order valence-corrected chi connectivity index (χ1v) is 16.0. The quantitative estimate of drug-likeness (QED) is 0.252. The summed E-state index contributed by atoms with van der Waals surface area (Å²) >= 11 is 1.46. The first-order valence-electron chi connectivity index (χ1n) is 14.7. The molecule has 4 aromatic rings. The fourth-order valence-corrected chi connectivity index (χ4v) is 6.74. The van der Waals surface area contributed by atoms with Gasteiger partial charge in [-0.15, -0.1) is 27.8 Å². The molecule has 2 aliphatic rings. The van der Waals surface area contributed by atoms with Gasteiger partial charge in [0, 0.05) is 0 Å². The number of rotatable bonds is 3. The molecular formula is C40H41Cl2Zr-. The maximum atomic E-state index is 3.89. The second-order valence-corrected chi connectivity index (χ2v) is 14.6. The van der Waals surface area contributed by atoms with Crippen molar-refractivity contribution in [1.82, 2.24) is 0 Å². The predicted molar refractivity (Wildman–Crippen MR) is 173 cm³/mol. The van der Waals surface area contributed by atoms with E-state index in [1.807, 2.05) is 0 Å². The fraction of sp³-hybridized carbons (Fsp3) is 0.275. The molecule has 0 unspecified atom stereocenters. The van der Waals surface area contributed by atoms with Crippen molar-refractivity contribution in [2.45, 2.75) is 72.1 Å². The molecule has 0 fully saturated rings. The molecule has 0 N–H and O–H groups in total. The molecule has 0 bridgehead atoms. The van der Waals surface area contributed by atoms with Crippen LogP contribution in [0.1, 0.15) is 92.5 Å². The molecular weight excluding hydrogens is 643 g/mol. The zero-order chi connectivity index (χ0) is 29.4. The number of hydrogen-bond donors (Lipinski definition) is 0. The van der Waals surface area contributed by atoms with Crippen molar-refractivity contribution in [1.29, 1.82) is 0 Å². The average Bonchev–Trinajstić information content (AvgIpc) is 3.61. The molecule has 43 heavy (non-hydrogen) atoms. The van der Waals surface area contributed by atoms with Crippen LogP contribution in [0.5, 0.6) is 0 Å². The third kappa shape index (κ3) is 7.68. The molecule has 3 heteroatoms. The van der Waals surface area contributed by atoms with Gasteiger partial charge in [0.1, 0.15) is 0 Å². The van der Waals surface area contributed by atoms with Crippen LogP contribution >= 0.6 is 0 Å². The van der Waals surface area contributed by atoms with Crippen LogP contribution in [0.3, 0.4) is 0 Å². The van der Waals surface area contributed by atoms with E-state index in [0.717, 1.165) is 12.8 Å². The number of allylic oxidation sites excluding steroid dienone is 4. The predicted octanol–water partition coefficient (Wildman–Crippen LogP) is 4.11. The van der Waals surface area contributed by atoms with Gasteiger partial charge in [-0.2, -0.15) is 6.07 Å². The van der Waals surface area contributed by atoms with Gasteiger partial charge in [0.15, 0.2) is 0 Å². The standard InChI is InChI=1S/C27H31.C13H10.2ClH.Zr/c1-17-24-20(14-19-15-21(26(2,3)4)12-13-22(19)24)16-23(27(5,6)7)25(17)18-10-8-9-11-18;1-3-7-12(8-4-1)11-13-9-5-2-6-10-13;;;/h8-10,12-13,15H,11,14H2,1-7H3;1-10H;2*1H;/q-1;;;;+2/p-2. The second kappa shape index (κ2) is 14.2. The minimum absolute atomic E-state index is 0. The average molecular weight is 684 g/mol. The van der Waals surface area contributed by atoms with Gasteiger partial charge in [-0.3, -0.25) is 0 Å². The molecule has 0 radical (unpaired) electrons. The normalized spacial score (nSPS) is 13.1. The van der Waals surface area contributed by atoms with Crippen LogP contribution < -0.4 is 24.8 Å². The van der Waals surface area contributed by atoms with Crippen LogP contribution in [0.4, 0.5) is 0 Å². The molecule has 0 aliphatic heterocycles. The second-order valence-electron chi connectivity index (χ2n) is 13.3. The van der Waals surface area contributed by atoms with Crippen LogP contribution in [0.25, 0.3) is 16.7 Å². The first-order chi connectivity index (χ1) is 19.4. The van der Waals surface area contributed by atoms with Gasteiger partial charge >= 0.3 is 99.2 Å². The molecule has 0 saturated carbocycles. The Kier molecular flexibility index (Phi) is 11.6. The number of halogens is 2. The summed E-state index contributed by atoms with van der Waals surface area (Å²) in [5.74, 6) is 0. The Bertz CT molecular complexity index is 1610. The first kappa shape index (κ1) is 35.2. The van der Waals surface area contributed by atoms with Crippen molar-refractivity contribution in [3.8, 4) is 11.1 Å². The van der Waals surface area contributed by atoms with Gasteiger partial charge in [0.25, 0.3) is 0 Å². The topological polar surface area (TPSA) is 0 Å². The van der Waals surface area contributed by atoms with Crippen molar-refractivity contribution in [2.75, 3.05) is 0 Å². The summed E-state index contributed by atoms with van der Waals surface area (Å²) in [4.78, 5) is 0. The van der Waals surface area contributed by atoms with E-state index in [9.17, 15) is 0 Å². The van der Waals surface area contributed by atoms with Crippen molar-refractivity contribution in [3.05, 3.63) is 148 Å². The Hall–Kier alpha value is -2.31. The Morgan fingerprint density at radius 3 is 1.81 bits per heavy atom. The van der Waals surface area contributed by atoms with Gasteiger partial charge in [-0.05, 0) is 34.8 Å². The number of hydrogen-bond acceptors (Lipinski definition) is 0. The zero-order valence-electron chi connectivity index (χ0n) is 26.4. The summed E-state index contributed by atoms with van der Waals surface area (Å²) in [6, 6.07) is 32.1. The van der Waals surface area contributed by atoms with Crippen molar-refractivity contribution in [3.63, 3.8) is 0 Å². The molecule has 4 aromatic carbocycles. The molecule has 6 rings (SSSR count). The SMILES string of the molecule is Cc1c(C2=CC=CC2)c(C(C)(C)C)[c-]c2c1-c1ccc(C(C)(C)C)cc1C2.[Cl-].[Cl-].[Zr+2]=[C](c1ccccc1)c1ccccc1.